The van der Waals surface area contributed by atoms with Crippen LogP contribution in [-0.4, -0.2) is 50.7 Å². The van der Waals surface area contributed by atoms with E-state index in [1.165, 1.54) is 45.6 Å². The first-order valence-corrected chi connectivity index (χ1v) is 7.14. The predicted molar refractivity (Wildman–Crippen MR) is 73.6 cm³/mol. The number of rotatable bonds is 6. The topological polar surface area (TPSA) is 41.6 Å². The second-order valence-corrected chi connectivity index (χ2v) is 5.28. The molecular formula is C14H28N2O2. The lowest BCUT2D eigenvalue weighted by molar-refractivity contribution is -0.143. The van der Waals surface area contributed by atoms with E-state index in [0.717, 1.165) is 13.0 Å². The normalized spacial score (nSPS) is 19.6. The number of methoxy groups -OCH3 is 1. The van der Waals surface area contributed by atoms with Crippen LogP contribution in [0.25, 0.3) is 0 Å². The van der Waals surface area contributed by atoms with Gasteiger partial charge < -0.3 is 15.0 Å². The van der Waals surface area contributed by atoms with Crippen LogP contribution < -0.4 is 5.32 Å². The summed E-state index contributed by atoms with van der Waals surface area (Å²) in [6.07, 6.45) is 8.88. The molecule has 0 radical (unpaired) electrons. The van der Waals surface area contributed by atoms with Crippen LogP contribution in [0.2, 0.25) is 0 Å². The van der Waals surface area contributed by atoms with Crippen molar-refractivity contribution >= 4 is 5.97 Å². The van der Waals surface area contributed by atoms with Crippen molar-refractivity contribution in [1.29, 1.82) is 0 Å². The Labute approximate surface area is 111 Å². The monoisotopic (exact) mass is 256 g/mol. The number of esters is 1. The van der Waals surface area contributed by atoms with Crippen molar-refractivity contribution in [3.05, 3.63) is 0 Å². The zero-order valence-electron chi connectivity index (χ0n) is 12.1. The highest BCUT2D eigenvalue weighted by Gasteiger charge is 2.21. The number of nitrogens with one attached hydrogen (secondary N) is 1. The molecule has 0 aromatic heterocycles. The summed E-state index contributed by atoms with van der Waals surface area (Å²) >= 11 is 0. The van der Waals surface area contributed by atoms with Gasteiger partial charge in [0, 0.05) is 12.6 Å². The third kappa shape index (κ3) is 4.94. The quantitative estimate of drug-likeness (QED) is 0.581. The zero-order valence-corrected chi connectivity index (χ0v) is 12.1. The Balaban J connectivity index is 2.33. The van der Waals surface area contributed by atoms with Crippen LogP contribution in [0.15, 0.2) is 0 Å². The maximum atomic E-state index is 11.5. The second kappa shape index (κ2) is 8.48. The molecule has 18 heavy (non-hydrogen) atoms. The first kappa shape index (κ1) is 15.4. The summed E-state index contributed by atoms with van der Waals surface area (Å²) in [6, 6.07) is 0.519. The van der Waals surface area contributed by atoms with Gasteiger partial charge in [-0.2, -0.15) is 0 Å². The lowest BCUT2D eigenvalue weighted by Gasteiger charge is -2.28. The van der Waals surface area contributed by atoms with E-state index in [4.69, 9.17) is 4.74 Å². The molecule has 1 unspecified atom stereocenters. The molecule has 4 heteroatoms. The molecule has 1 N–H and O–H groups in total. The van der Waals surface area contributed by atoms with Crippen molar-refractivity contribution in [2.75, 3.05) is 27.7 Å². The number of ether oxygens (including phenoxy) is 1. The fraction of sp³-hybridized carbons (Fsp3) is 0.929. The van der Waals surface area contributed by atoms with Gasteiger partial charge in [0.25, 0.3) is 0 Å². The molecule has 1 atom stereocenters. The highest BCUT2D eigenvalue weighted by molar-refractivity contribution is 5.75. The SMILES string of the molecule is CNC(CCN(C)C1CCCCCC1)C(=O)OC. The Morgan fingerprint density at radius 1 is 1.33 bits per heavy atom. The predicted octanol–water partition coefficient (Wildman–Crippen LogP) is 1.79. The number of hydrogen-bond acceptors (Lipinski definition) is 4. The number of likely N-dealkylation sites (N-methyl/N-ethyl adjacent to an activating group) is 1. The molecule has 0 aromatic rings. The molecule has 0 saturated heterocycles. The molecule has 1 rings (SSSR count). The third-order valence-electron chi connectivity index (χ3n) is 4.05. The molecule has 4 nitrogen and oxygen atoms in total. The molecular weight excluding hydrogens is 228 g/mol. The Morgan fingerprint density at radius 2 is 1.94 bits per heavy atom. The van der Waals surface area contributed by atoms with Crippen molar-refractivity contribution in [3.63, 3.8) is 0 Å². The van der Waals surface area contributed by atoms with E-state index in [-0.39, 0.29) is 12.0 Å². The Bertz CT molecular complexity index is 238. The van der Waals surface area contributed by atoms with Gasteiger partial charge in [-0.15, -0.1) is 0 Å². The first-order valence-electron chi connectivity index (χ1n) is 7.14. The molecule has 0 aromatic carbocycles. The van der Waals surface area contributed by atoms with Gasteiger partial charge in [0.1, 0.15) is 6.04 Å². The Hall–Kier alpha value is -0.610. The maximum absolute atomic E-state index is 11.5. The van der Waals surface area contributed by atoms with Crippen LogP contribution in [-0.2, 0) is 9.53 Å². The van der Waals surface area contributed by atoms with Crippen molar-refractivity contribution in [3.8, 4) is 0 Å². The maximum Gasteiger partial charge on any atom is 0.322 e. The third-order valence-corrected chi connectivity index (χ3v) is 4.05. The Morgan fingerprint density at radius 3 is 2.44 bits per heavy atom. The molecule has 0 amide bonds. The summed E-state index contributed by atoms with van der Waals surface area (Å²) in [7, 11) is 5.44. The van der Waals surface area contributed by atoms with Gasteiger partial charge in [0.15, 0.2) is 0 Å². The summed E-state index contributed by atoms with van der Waals surface area (Å²) in [5.41, 5.74) is 0. The second-order valence-electron chi connectivity index (χ2n) is 5.28. The molecule has 1 saturated carbocycles. The molecule has 1 fully saturated rings. The number of nitrogens with zero attached hydrogens (tertiary/aromatic N) is 1. The summed E-state index contributed by atoms with van der Waals surface area (Å²) in [6.45, 7) is 0.950. The summed E-state index contributed by atoms with van der Waals surface area (Å²) in [5, 5.41) is 3.02. The van der Waals surface area contributed by atoms with Crippen LogP contribution in [0.1, 0.15) is 44.9 Å². The van der Waals surface area contributed by atoms with Gasteiger partial charge in [-0.3, -0.25) is 4.79 Å². The van der Waals surface area contributed by atoms with Crippen LogP contribution in [0.5, 0.6) is 0 Å². The van der Waals surface area contributed by atoms with E-state index >= 15 is 0 Å². The van der Waals surface area contributed by atoms with Gasteiger partial charge in [-0.25, -0.2) is 0 Å². The standard InChI is InChI=1S/C14H28N2O2/c1-15-13(14(17)18-3)10-11-16(2)12-8-6-4-5-7-9-12/h12-13,15H,4-11H2,1-3H3. The summed E-state index contributed by atoms with van der Waals surface area (Å²) in [5.74, 6) is -0.160. The smallest absolute Gasteiger partial charge is 0.322 e. The number of carbonyl (C=O) groups excluding carboxylic acids is 1. The first-order chi connectivity index (χ1) is 8.69. The molecule has 0 spiro atoms. The summed E-state index contributed by atoms with van der Waals surface area (Å²) in [4.78, 5) is 13.9. The van der Waals surface area contributed by atoms with E-state index in [1.807, 2.05) is 7.05 Å². The molecule has 0 aliphatic heterocycles. The average Bonchev–Trinajstić information content (AvgIpc) is 2.67. The van der Waals surface area contributed by atoms with Crippen molar-refractivity contribution in [1.82, 2.24) is 10.2 Å². The van der Waals surface area contributed by atoms with Crippen molar-refractivity contribution in [2.24, 2.45) is 0 Å². The minimum absolute atomic E-state index is 0.160. The summed E-state index contributed by atoms with van der Waals surface area (Å²) < 4.78 is 4.78. The van der Waals surface area contributed by atoms with E-state index in [1.54, 1.807) is 0 Å². The van der Waals surface area contributed by atoms with Gasteiger partial charge in [-0.1, -0.05) is 25.7 Å². The molecule has 0 heterocycles. The van der Waals surface area contributed by atoms with Crippen LogP contribution in [0, 0.1) is 0 Å². The van der Waals surface area contributed by atoms with Gasteiger partial charge >= 0.3 is 5.97 Å². The van der Waals surface area contributed by atoms with Crippen LogP contribution in [0.4, 0.5) is 0 Å². The number of hydrogen-bond donors (Lipinski definition) is 1. The van der Waals surface area contributed by atoms with Crippen molar-refractivity contribution in [2.45, 2.75) is 57.0 Å². The highest BCUT2D eigenvalue weighted by atomic mass is 16.5. The molecule has 1 aliphatic rings. The minimum Gasteiger partial charge on any atom is -0.468 e. The van der Waals surface area contributed by atoms with Crippen LogP contribution >= 0.6 is 0 Å². The van der Waals surface area contributed by atoms with Gasteiger partial charge in [0.05, 0.1) is 7.11 Å². The van der Waals surface area contributed by atoms with E-state index < -0.39 is 0 Å². The minimum atomic E-state index is -0.178. The zero-order chi connectivity index (χ0) is 13.4. The highest BCUT2D eigenvalue weighted by Crippen LogP contribution is 2.21. The lowest BCUT2D eigenvalue weighted by atomic mass is 10.1. The van der Waals surface area contributed by atoms with E-state index in [2.05, 4.69) is 17.3 Å². The average molecular weight is 256 g/mol. The molecule has 1 aliphatic carbocycles. The van der Waals surface area contributed by atoms with Crippen molar-refractivity contribution < 1.29 is 9.53 Å². The van der Waals surface area contributed by atoms with E-state index in [0.29, 0.717) is 6.04 Å². The number of carbonyl (C=O) groups is 1. The molecule has 0 bridgehead atoms. The fourth-order valence-electron chi connectivity index (χ4n) is 2.74. The molecule has 106 valence electrons. The Kier molecular flexibility index (Phi) is 7.28. The largest absolute Gasteiger partial charge is 0.468 e. The van der Waals surface area contributed by atoms with E-state index in [9.17, 15) is 4.79 Å². The van der Waals surface area contributed by atoms with Gasteiger partial charge in [-0.05, 0) is 33.4 Å². The fourth-order valence-corrected chi connectivity index (χ4v) is 2.74. The lowest BCUT2D eigenvalue weighted by Crippen LogP contribution is -2.40. The van der Waals surface area contributed by atoms with Crippen LogP contribution in [0.3, 0.4) is 0 Å². The van der Waals surface area contributed by atoms with Gasteiger partial charge in [0.2, 0.25) is 0 Å².